The van der Waals surface area contributed by atoms with E-state index in [1.54, 1.807) is 28.8 Å². The predicted molar refractivity (Wildman–Crippen MR) is 85.0 cm³/mol. The molecule has 0 radical (unpaired) electrons. The largest absolute Gasteiger partial charge is 0.388 e. The first-order valence-electron chi connectivity index (χ1n) is 7.29. The van der Waals surface area contributed by atoms with Crippen LogP contribution in [0, 0.1) is 6.92 Å². The lowest BCUT2D eigenvalue weighted by Crippen LogP contribution is -2.47. The lowest BCUT2D eigenvalue weighted by atomic mass is 9.91. The lowest BCUT2D eigenvalue weighted by Gasteiger charge is -2.38. The Morgan fingerprint density at radius 3 is 2.77 bits per heavy atom. The third kappa shape index (κ3) is 3.22. The van der Waals surface area contributed by atoms with Crippen LogP contribution in [0.2, 0.25) is 0 Å². The van der Waals surface area contributed by atoms with E-state index in [1.807, 2.05) is 19.4 Å². The number of hydrogen-bond donors (Lipinski definition) is 1. The van der Waals surface area contributed by atoms with Gasteiger partial charge >= 0.3 is 0 Å². The van der Waals surface area contributed by atoms with E-state index in [4.69, 9.17) is 0 Å². The second-order valence-electron chi connectivity index (χ2n) is 5.67. The number of piperidine rings is 1. The molecule has 0 bridgehead atoms. The molecular formula is C14H20N6OS. The number of aliphatic hydroxyl groups is 1. The highest BCUT2D eigenvalue weighted by Gasteiger charge is 2.33. The summed E-state index contributed by atoms with van der Waals surface area (Å²) in [5.41, 5.74) is 0.355. The fourth-order valence-corrected chi connectivity index (χ4v) is 3.22. The van der Waals surface area contributed by atoms with Crippen molar-refractivity contribution in [2.45, 2.75) is 36.9 Å². The highest BCUT2D eigenvalue weighted by atomic mass is 32.2. The zero-order valence-electron chi connectivity index (χ0n) is 12.8. The first-order chi connectivity index (χ1) is 10.6. The van der Waals surface area contributed by atoms with Crippen molar-refractivity contribution in [3.63, 3.8) is 0 Å². The smallest absolute Gasteiger partial charge is 0.226 e. The summed E-state index contributed by atoms with van der Waals surface area (Å²) < 4.78 is 1.68. The first kappa shape index (κ1) is 15.2. The molecule has 0 unspecified atom stereocenters. The maximum Gasteiger partial charge on any atom is 0.226 e. The number of rotatable bonds is 4. The predicted octanol–water partition coefficient (Wildman–Crippen LogP) is 1.13. The second kappa shape index (κ2) is 6.21. The van der Waals surface area contributed by atoms with Gasteiger partial charge in [-0.3, -0.25) is 0 Å². The van der Waals surface area contributed by atoms with Gasteiger partial charge in [0.15, 0.2) is 0 Å². The highest BCUT2D eigenvalue weighted by molar-refractivity contribution is 7.98. The number of thioether (sulfide) groups is 1. The van der Waals surface area contributed by atoms with Gasteiger partial charge in [-0.15, -0.1) is 16.9 Å². The van der Waals surface area contributed by atoms with Crippen LogP contribution in [0.5, 0.6) is 0 Å². The molecule has 1 saturated heterocycles. The molecule has 1 aliphatic heterocycles. The number of hydrogen-bond acceptors (Lipinski definition) is 7. The number of aryl methyl sites for hydroxylation is 1. The molecule has 0 saturated carbocycles. The van der Waals surface area contributed by atoms with E-state index in [2.05, 4.69) is 25.2 Å². The molecule has 7 nitrogen and oxygen atoms in total. The Bertz CT molecular complexity index is 624. The van der Waals surface area contributed by atoms with E-state index < -0.39 is 5.60 Å². The molecule has 1 fully saturated rings. The van der Waals surface area contributed by atoms with Crippen LogP contribution in [0.15, 0.2) is 23.6 Å². The van der Waals surface area contributed by atoms with Gasteiger partial charge in [0, 0.05) is 25.5 Å². The quantitative estimate of drug-likeness (QED) is 0.668. The van der Waals surface area contributed by atoms with Crippen LogP contribution in [0.3, 0.4) is 0 Å². The zero-order valence-corrected chi connectivity index (χ0v) is 13.6. The molecule has 1 N–H and O–H groups in total. The van der Waals surface area contributed by atoms with Crippen molar-refractivity contribution >= 4 is 17.7 Å². The van der Waals surface area contributed by atoms with E-state index in [0.717, 1.165) is 29.6 Å². The van der Waals surface area contributed by atoms with Gasteiger partial charge in [-0.25, -0.2) is 14.6 Å². The Balaban J connectivity index is 1.66. The van der Waals surface area contributed by atoms with Gasteiger partial charge < -0.3 is 10.0 Å². The summed E-state index contributed by atoms with van der Waals surface area (Å²) in [5, 5.41) is 19.4. The summed E-state index contributed by atoms with van der Waals surface area (Å²) in [7, 11) is 0. The SMILES string of the molecule is CSc1nc(N2CCC(O)(Cn3ccnn3)CC2)ncc1C. The molecule has 118 valence electrons. The molecule has 8 heteroatoms. The maximum atomic E-state index is 10.7. The van der Waals surface area contributed by atoms with E-state index >= 15 is 0 Å². The van der Waals surface area contributed by atoms with Gasteiger partial charge in [0.1, 0.15) is 5.03 Å². The van der Waals surface area contributed by atoms with Crippen molar-refractivity contribution in [3.05, 3.63) is 24.2 Å². The van der Waals surface area contributed by atoms with Gasteiger partial charge in [-0.2, -0.15) is 0 Å². The van der Waals surface area contributed by atoms with E-state index in [1.165, 1.54) is 0 Å². The molecule has 0 amide bonds. The fourth-order valence-electron chi connectivity index (χ4n) is 2.68. The van der Waals surface area contributed by atoms with Gasteiger partial charge in [0.05, 0.1) is 18.3 Å². The summed E-state index contributed by atoms with van der Waals surface area (Å²) in [5.74, 6) is 0.748. The summed E-state index contributed by atoms with van der Waals surface area (Å²) in [6.45, 7) is 3.97. The Hall–Kier alpha value is -1.67. The molecule has 1 aliphatic rings. The average molecular weight is 320 g/mol. The monoisotopic (exact) mass is 320 g/mol. The van der Waals surface area contributed by atoms with Crippen molar-refractivity contribution in [3.8, 4) is 0 Å². The van der Waals surface area contributed by atoms with E-state index in [-0.39, 0.29) is 0 Å². The maximum absolute atomic E-state index is 10.7. The number of anilines is 1. The summed E-state index contributed by atoms with van der Waals surface area (Å²) in [4.78, 5) is 11.2. The third-order valence-corrected chi connectivity index (χ3v) is 4.81. The molecule has 3 rings (SSSR count). The van der Waals surface area contributed by atoms with Crippen molar-refractivity contribution < 1.29 is 5.11 Å². The van der Waals surface area contributed by atoms with Crippen LogP contribution in [0.1, 0.15) is 18.4 Å². The lowest BCUT2D eigenvalue weighted by molar-refractivity contribution is -0.00368. The second-order valence-corrected chi connectivity index (χ2v) is 6.47. The van der Waals surface area contributed by atoms with Crippen LogP contribution < -0.4 is 4.90 Å². The molecule has 0 atom stereocenters. The van der Waals surface area contributed by atoms with E-state index in [0.29, 0.717) is 19.4 Å². The Morgan fingerprint density at radius 2 is 2.14 bits per heavy atom. The van der Waals surface area contributed by atoms with Crippen molar-refractivity contribution in [1.29, 1.82) is 0 Å². The topological polar surface area (TPSA) is 80.0 Å². The van der Waals surface area contributed by atoms with Gasteiger partial charge in [-0.1, -0.05) is 5.21 Å². The molecule has 2 aromatic heterocycles. The fraction of sp³-hybridized carbons (Fsp3) is 0.571. The molecule has 0 spiro atoms. The van der Waals surface area contributed by atoms with Gasteiger partial charge in [0.2, 0.25) is 5.95 Å². The van der Waals surface area contributed by atoms with Crippen LogP contribution in [-0.2, 0) is 6.54 Å². The summed E-state index contributed by atoms with van der Waals surface area (Å²) in [6, 6.07) is 0. The minimum Gasteiger partial charge on any atom is -0.388 e. The van der Waals surface area contributed by atoms with Crippen molar-refractivity contribution in [2.75, 3.05) is 24.2 Å². The molecular weight excluding hydrogens is 300 g/mol. The van der Waals surface area contributed by atoms with Gasteiger partial charge in [0.25, 0.3) is 0 Å². The first-order valence-corrected chi connectivity index (χ1v) is 8.51. The van der Waals surface area contributed by atoms with Crippen molar-refractivity contribution in [2.24, 2.45) is 0 Å². The molecule has 3 heterocycles. The molecule has 2 aromatic rings. The number of aromatic nitrogens is 5. The van der Waals surface area contributed by atoms with Gasteiger partial charge in [-0.05, 0) is 31.6 Å². The Kier molecular flexibility index (Phi) is 4.30. The van der Waals surface area contributed by atoms with Crippen LogP contribution >= 0.6 is 11.8 Å². The summed E-state index contributed by atoms with van der Waals surface area (Å²) >= 11 is 1.63. The van der Waals surface area contributed by atoms with Crippen LogP contribution in [0.4, 0.5) is 5.95 Å². The minimum atomic E-state index is -0.739. The zero-order chi connectivity index (χ0) is 15.6. The Morgan fingerprint density at radius 1 is 1.36 bits per heavy atom. The molecule has 0 aromatic carbocycles. The molecule has 0 aliphatic carbocycles. The minimum absolute atomic E-state index is 0.478. The van der Waals surface area contributed by atoms with Crippen molar-refractivity contribution in [1.82, 2.24) is 25.0 Å². The standard InChI is InChI=1S/C14H20N6OS/c1-11-9-15-13(17-12(11)22-2)19-6-3-14(21,4-7-19)10-20-8-5-16-18-20/h5,8-9,21H,3-4,6-7,10H2,1-2H3. The van der Waals surface area contributed by atoms with Crippen LogP contribution in [-0.4, -0.2) is 55.0 Å². The summed E-state index contributed by atoms with van der Waals surface area (Å²) in [6.07, 6.45) is 8.62. The highest BCUT2D eigenvalue weighted by Crippen LogP contribution is 2.27. The van der Waals surface area contributed by atoms with E-state index in [9.17, 15) is 5.11 Å². The average Bonchev–Trinajstić information content (AvgIpc) is 3.01. The van der Waals surface area contributed by atoms with Crippen LogP contribution in [0.25, 0.3) is 0 Å². The normalized spacial score (nSPS) is 17.7. The third-order valence-electron chi connectivity index (χ3n) is 4.01. The molecule has 22 heavy (non-hydrogen) atoms. The number of nitrogens with zero attached hydrogens (tertiary/aromatic N) is 6. The Labute approximate surface area is 133 Å².